The van der Waals surface area contributed by atoms with Crippen molar-refractivity contribution in [2.45, 2.75) is 40.7 Å². The van der Waals surface area contributed by atoms with Crippen LogP contribution in [-0.4, -0.2) is 28.7 Å². The van der Waals surface area contributed by atoms with E-state index in [0.29, 0.717) is 33.9 Å². The summed E-state index contributed by atoms with van der Waals surface area (Å²) in [7, 11) is 0. The molecule has 0 fully saturated rings. The Bertz CT molecular complexity index is 852. The van der Waals surface area contributed by atoms with Crippen LogP contribution in [0.1, 0.15) is 52.9 Å². The van der Waals surface area contributed by atoms with E-state index < -0.39 is 0 Å². The Morgan fingerprint density at radius 1 is 1.00 bits per heavy atom. The number of aryl methyl sites for hydroxylation is 1. The lowest BCUT2D eigenvalue weighted by molar-refractivity contribution is 0.101. The number of carbonyl (C=O) groups excluding carboxylic acids is 3. The molecule has 0 aliphatic rings. The number of aromatic nitrogens is 1. The number of Topliss-reactive ketones (excluding diaryl/α,β-unsaturated/α-hetero) is 1. The topological polar surface area (TPSA) is 103 Å². The van der Waals surface area contributed by atoms with Gasteiger partial charge in [-0.3, -0.25) is 9.59 Å². The maximum atomic E-state index is 12.7. The summed E-state index contributed by atoms with van der Waals surface area (Å²) in [4.78, 5) is 39.3. The third-order valence-corrected chi connectivity index (χ3v) is 3.86. The molecule has 1 aromatic heterocycles. The predicted octanol–water partition coefficient (Wildman–Crippen LogP) is 3.62. The minimum Gasteiger partial charge on any atom is -0.354 e. The molecule has 0 aliphatic heterocycles. The summed E-state index contributed by atoms with van der Waals surface area (Å²) in [5.74, 6) is -0.473. The Kier molecular flexibility index (Phi) is 5.82. The number of para-hydroxylation sites is 2. The van der Waals surface area contributed by atoms with E-state index >= 15 is 0 Å². The number of benzene rings is 1. The van der Waals surface area contributed by atoms with E-state index in [4.69, 9.17) is 0 Å². The van der Waals surface area contributed by atoms with E-state index in [0.717, 1.165) is 0 Å². The molecule has 0 spiro atoms. The number of aromatic amines is 1. The van der Waals surface area contributed by atoms with Crippen LogP contribution in [0.5, 0.6) is 0 Å². The number of nitrogens with one attached hydrogen (secondary N) is 4. The zero-order chi connectivity index (χ0) is 19.4. The SMILES string of the molecule is CC(=O)c1c(C)[nH]c(C(=O)Nc2ccccc2NC(=O)NC(C)C)c1C. The van der Waals surface area contributed by atoms with Crippen molar-refractivity contribution < 1.29 is 14.4 Å². The van der Waals surface area contributed by atoms with Crippen LogP contribution in [0.2, 0.25) is 0 Å². The minimum atomic E-state index is -0.378. The number of amides is 3. The molecule has 0 atom stereocenters. The van der Waals surface area contributed by atoms with Gasteiger partial charge in [0.2, 0.25) is 0 Å². The second-order valence-electron chi connectivity index (χ2n) is 6.43. The van der Waals surface area contributed by atoms with Crippen molar-refractivity contribution in [3.8, 4) is 0 Å². The van der Waals surface area contributed by atoms with Crippen molar-refractivity contribution >= 4 is 29.1 Å². The fraction of sp³-hybridized carbons (Fsp3) is 0.316. The molecule has 2 rings (SSSR count). The summed E-state index contributed by atoms with van der Waals surface area (Å²) in [5.41, 5.74) is 3.06. The molecule has 26 heavy (non-hydrogen) atoms. The van der Waals surface area contributed by atoms with Crippen molar-refractivity contribution in [1.29, 1.82) is 0 Å². The highest BCUT2D eigenvalue weighted by molar-refractivity contribution is 6.09. The molecule has 2 aromatic rings. The molecule has 4 N–H and O–H groups in total. The van der Waals surface area contributed by atoms with Crippen LogP contribution in [0, 0.1) is 13.8 Å². The van der Waals surface area contributed by atoms with Crippen LogP contribution in [0.3, 0.4) is 0 Å². The Labute approximate surface area is 152 Å². The van der Waals surface area contributed by atoms with Gasteiger partial charge in [0.1, 0.15) is 5.69 Å². The second kappa shape index (κ2) is 7.86. The van der Waals surface area contributed by atoms with Crippen LogP contribution < -0.4 is 16.0 Å². The number of rotatable bonds is 5. The fourth-order valence-corrected chi connectivity index (χ4v) is 2.81. The van der Waals surface area contributed by atoms with Gasteiger partial charge in [-0.15, -0.1) is 0 Å². The molecule has 7 nitrogen and oxygen atoms in total. The number of urea groups is 1. The van der Waals surface area contributed by atoms with Crippen molar-refractivity contribution in [1.82, 2.24) is 10.3 Å². The van der Waals surface area contributed by atoms with E-state index in [1.54, 1.807) is 38.1 Å². The number of hydrogen-bond acceptors (Lipinski definition) is 3. The van der Waals surface area contributed by atoms with Gasteiger partial charge in [0.05, 0.1) is 11.4 Å². The highest BCUT2D eigenvalue weighted by atomic mass is 16.2. The van der Waals surface area contributed by atoms with Crippen molar-refractivity contribution in [3.05, 3.63) is 46.8 Å². The number of carbonyl (C=O) groups is 3. The van der Waals surface area contributed by atoms with Gasteiger partial charge in [-0.25, -0.2) is 4.79 Å². The maximum absolute atomic E-state index is 12.7. The smallest absolute Gasteiger partial charge is 0.319 e. The zero-order valence-corrected chi connectivity index (χ0v) is 15.6. The highest BCUT2D eigenvalue weighted by Gasteiger charge is 2.20. The monoisotopic (exact) mass is 356 g/mol. The number of ketones is 1. The summed E-state index contributed by atoms with van der Waals surface area (Å²) in [6.07, 6.45) is 0. The van der Waals surface area contributed by atoms with E-state index in [9.17, 15) is 14.4 Å². The van der Waals surface area contributed by atoms with Gasteiger partial charge in [-0.2, -0.15) is 0 Å². The molecule has 3 amide bonds. The summed E-state index contributed by atoms with van der Waals surface area (Å²) >= 11 is 0. The largest absolute Gasteiger partial charge is 0.354 e. The molecule has 0 aliphatic carbocycles. The average molecular weight is 356 g/mol. The van der Waals surface area contributed by atoms with E-state index in [1.807, 2.05) is 13.8 Å². The van der Waals surface area contributed by atoms with Crippen molar-refractivity contribution in [2.24, 2.45) is 0 Å². The van der Waals surface area contributed by atoms with Crippen LogP contribution >= 0.6 is 0 Å². The Hall–Kier alpha value is -3.09. The number of anilines is 2. The van der Waals surface area contributed by atoms with Gasteiger partial charge >= 0.3 is 6.03 Å². The zero-order valence-electron chi connectivity index (χ0n) is 15.6. The highest BCUT2D eigenvalue weighted by Crippen LogP contribution is 2.24. The van der Waals surface area contributed by atoms with Crippen molar-refractivity contribution in [2.75, 3.05) is 10.6 Å². The van der Waals surface area contributed by atoms with Gasteiger partial charge in [0.15, 0.2) is 5.78 Å². The predicted molar refractivity (Wildman–Crippen MR) is 102 cm³/mol. The van der Waals surface area contributed by atoms with E-state index in [1.165, 1.54) is 6.92 Å². The molecule has 1 heterocycles. The van der Waals surface area contributed by atoms with Crippen LogP contribution in [0.25, 0.3) is 0 Å². The average Bonchev–Trinajstić information content (AvgIpc) is 2.83. The number of hydrogen-bond donors (Lipinski definition) is 4. The third-order valence-electron chi connectivity index (χ3n) is 3.86. The molecule has 0 saturated heterocycles. The first kappa shape index (κ1) is 19.2. The lowest BCUT2D eigenvalue weighted by Crippen LogP contribution is -2.34. The first-order valence-electron chi connectivity index (χ1n) is 8.38. The lowest BCUT2D eigenvalue weighted by Gasteiger charge is -2.14. The first-order valence-corrected chi connectivity index (χ1v) is 8.38. The van der Waals surface area contributed by atoms with Crippen LogP contribution in [0.15, 0.2) is 24.3 Å². The van der Waals surface area contributed by atoms with Gasteiger partial charge in [0, 0.05) is 17.3 Å². The summed E-state index contributed by atoms with van der Waals surface area (Å²) in [6, 6.07) is 6.55. The van der Waals surface area contributed by atoms with Gasteiger partial charge in [-0.05, 0) is 52.3 Å². The summed E-state index contributed by atoms with van der Waals surface area (Å²) < 4.78 is 0. The summed E-state index contributed by atoms with van der Waals surface area (Å²) in [6.45, 7) is 8.67. The van der Waals surface area contributed by atoms with Crippen LogP contribution in [0.4, 0.5) is 16.2 Å². The molecule has 0 saturated carbocycles. The standard InChI is InChI=1S/C19H24N4O3/c1-10(2)20-19(26)23-15-9-7-6-8-14(15)22-18(25)17-11(3)16(13(5)24)12(4)21-17/h6-10,21H,1-5H3,(H,22,25)(H2,20,23,26). The Morgan fingerprint density at radius 2 is 1.58 bits per heavy atom. The molecular formula is C19H24N4O3. The quantitative estimate of drug-likeness (QED) is 0.615. The van der Waals surface area contributed by atoms with Gasteiger partial charge in [0.25, 0.3) is 5.91 Å². The fourth-order valence-electron chi connectivity index (χ4n) is 2.81. The third kappa shape index (κ3) is 4.30. The first-order chi connectivity index (χ1) is 12.2. The second-order valence-corrected chi connectivity index (χ2v) is 6.43. The Balaban J connectivity index is 2.24. The molecule has 0 radical (unpaired) electrons. The summed E-state index contributed by atoms with van der Waals surface area (Å²) in [5, 5.41) is 8.23. The maximum Gasteiger partial charge on any atom is 0.319 e. The van der Waals surface area contributed by atoms with Gasteiger partial charge in [-0.1, -0.05) is 12.1 Å². The normalized spacial score (nSPS) is 10.5. The molecule has 0 bridgehead atoms. The Morgan fingerprint density at radius 3 is 2.08 bits per heavy atom. The van der Waals surface area contributed by atoms with Gasteiger partial charge < -0.3 is 20.9 Å². The lowest BCUT2D eigenvalue weighted by atomic mass is 10.1. The molecule has 138 valence electrons. The number of H-pyrrole nitrogens is 1. The molecular weight excluding hydrogens is 332 g/mol. The molecule has 1 aromatic carbocycles. The molecule has 7 heteroatoms. The molecule has 0 unspecified atom stereocenters. The minimum absolute atomic E-state index is 0.00806. The van der Waals surface area contributed by atoms with Crippen LogP contribution in [-0.2, 0) is 0 Å². The van der Waals surface area contributed by atoms with Crippen molar-refractivity contribution in [3.63, 3.8) is 0 Å². The van der Waals surface area contributed by atoms with E-state index in [-0.39, 0.29) is 23.8 Å². The van der Waals surface area contributed by atoms with E-state index in [2.05, 4.69) is 20.9 Å².